The third-order valence-corrected chi connectivity index (χ3v) is 0. The van der Waals surface area contributed by atoms with Gasteiger partial charge in [-0.15, -0.1) is 0 Å². The molecule has 0 aliphatic heterocycles. The maximum Gasteiger partial charge on any atom is 0.106 e. The Morgan fingerprint density at radius 2 is 0.364 bits per heavy atom. The van der Waals surface area contributed by atoms with Crippen molar-refractivity contribution in [2.45, 2.75) is 0 Å². The summed E-state index contributed by atoms with van der Waals surface area (Å²) in [6, 6.07) is 0. The van der Waals surface area contributed by atoms with Gasteiger partial charge in [0.15, 0.2) is 0 Å². The summed E-state index contributed by atoms with van der Waals surface area (Å²) in [5.41, 5.74) is 0. The second-order valence-electron chi connectivity index (χ2n) is 0. The first kappa shape index (κ1) is 51.9. The normalized spacial score (nSPS) is 1.82. The summed E-state index contributed by atoms with van der Waals surface area (Å²) in [4.78, 5) is 40.0. The standard InChI is InChI=1S/5CH2O.Fe/c5*1-2;/h5*1H2;. The fourth-order valence-electron chi connectivity index (χ4n) is 0. The summed E-state index contributed by atoms with van der Waals surface area (Å²) in [5.74, 6) is 0. The summed E-state index contributed by atoms with van der Waals surface area (Å²) in [5, 5.41) is 0. The van der Waals surface area contributed by atoms with Gasteiger partial charge < -0.3 is 24.0 Å². The molecule has 0 aromatic heterocycles. The third kappa shape index (κ3) is 327. The molecule has 0 fully saturated rings. The minimum atomic E-state index is 0. The van der Waals surface area contributed by atoms with Gasteiger partial charge in [-0.05, 0) is 0 Å². The van der Waals surface area contributed by atoms with Gasteiger partial charge in [0.1, 0.15) is 33.9 Å². The fraction of sp³-hybridized carbons (Fsp3) is 0. The van der Waals surface area contributed by atoms with Crippen molar-refractivity contribution in [3.05, 3.63) is 0 Å². The van der Waals surface area contributed by atoms with E-state index in [0.29, 0.717) is 0 Å². The van der Waals surface area contributed by atoms with Gasteiger partial charge in [0.05, 0.1) is 0 Å². The molecule has 0 unspecified atom stereocenters. The van der Waals surface area contributed by atoms with Crippen molar-refractivity contribution < 1.29 is 41.0 Å². The van der Waals surface area contributed by atoms with E-state index in [1.54, 1.807) is 0 Å². The Morgan fingerprint density at radius 3 is 0.364 bits per heavy atom. The van der Waals surface area contributed by atoms with Crippen molar-refractivity contribution in [1.82, 2.24) is 0 Å². The number of hydrogen-bond acceptors (Lipinski definition) is 5. The van der Waals surface area contributed by atoms with E-state index in [1.165, 1.54) is 0 Å². The van der Waals surface area contributed by atoms with Gasteiger partial charge in [-0.3, -0.25) is 0 Å². The van der Waals surface area contributed by atoms with Crippen LogP contribution < -0.4 is 0 Å². The molecule has 0 spiro atoms. The van der Waals surface area contributed by atoms with Crippen molar-refractivity contribution >= 4 is 33.9 Å². The van der Waals surface area contributed by atoms with Crippen molar-refractivity contribution in [1.29, 1.82) is 0 Å². The summed E-state index contributed by atoms with van der Waals surface area (Å²) >= 11 is 0. The van der Waals surface area contributed by atoms with Crippen LogP contribution >= 0.6 is 0 Å². The summed E-state index contributed by atoms with van der Waals surface area (Å²) in [7, 11) is 0. The van der Waals surface area contributed by atoms with E-state index < -0.39 is 0 Å². The van der Waals surface area contributed by atoms with Gasteiger partial charge >= 0.3 is 0 Å². The SMILES string of the molecule is C=O.C=O.C=O.C=O.C=O.[Fe]. The maximum absolute atomic E-state index is 8.00. The molecule has 0 amide bonds. The molecule has 0 atom stereocenters. The first-order chi connectivity index (χ1) is 5.00. The van der Waals surface area contributed by atoms with Crippen molar-refractivity contribution in [2.75, 3.05) is 0 Å². The Bertz CT molecular complexity index is 26.4. The Kier molecular flexibility index (Phi) is 2030. The molecular formula is C5H10FeO5. The van der Waals surface area contributed by atoms with Gasteiger partial charge in [0.25, 0.3) is 0 Å². The predicted molar refractivity (Wildman–Crippen MR) is 35.6 cm³/mol. The van der Waals surface area contributed by atoms with E-state index in [9.17, 15) is 0 Å². The monoisotopic (exact) mass is 206 g/mol. The maximum atomic E-state index is 8.00. The predicted octanol–water partition coefficient (Wildman–Crippen LogP) is -0.927. The molecule has 0 rings (SSSR count). The van der Waals surface area contributed by atoms with E-state index in [-0.39, 0.29) is 17.1 Å². The first-order valence-electron chi connectivity index (χ1n) is 1.44. The topological polar surface area (TPSA) is 85.3 Å². The Balaban J connectivity index is -0.00000000694. The van der Waals surface area contributed by atoms with Gasteiger partial charge in [-0.2, -0.15) is 0 Å². The van der Waals surface area contributed by atoms with E-state index in [1.807, 2.05) is 33.9 Å². The number of carbonyl (C=O) groups is 5. The van der Waals surface area contributed by atoms with Crippen LogP contribution in [0.4, 0.5) is 0 Å². The van der Waals surface area contributed by atoms with Gasteiger partial charge in [0.2, 0.25) is 0 Å². The molecule has 5 nitrogen and oxygen atoms in total. The molecule has 0 radical (unpaired) electrons. The zero-order valence-corrected chi connectivity index (χ0v) is 7.03. The Hall–Kier alpha value is -1.13. The zero-order valence-electron chi connectivity index (χ0n) is 5.93. The number of carbonyl (C=O) groups excluding carboxylic acids is 5. The van der Waals surface area contributed by atoms with Crippen LogP contribution in [0.2, 0.25) is 0 Å². The molecule has 0 N–H and O–H groups in total. The minimum Gasteiger partial charge on any atom is -0.307 e. The van der Waals surface area contributed by atoms with Crippen molar-refractivity contribution in [3.63, 3.8) is 0 Å². The van der Waals surface area contributed by atoms with Crippen LogP contribution in [0, 0.1) is 0 Å². The van der Waals surface area contributed by atoms with Gasteiger partial charge in [0, 0.05) is 17.1 Å². The van der Waals surface area contributed by atoms with Crippen molar-refractivity contribution in [2.24, 2.45) is 0 Å². The molecule has 6 heteroatoms. The van der Waals surface area contributed by atoms with E-state index in [2.05, 4.69) is 0 Å². The molecule has 0 bridgehead atoms. The smallest absolute Gasteiger partial charge is 0.106 e. The molecule has 0 aromatic carbocycles. The summed E-state index contributed by atoms with van der Waals surface area (Å²) in [6.07, 6.45) is 0. The molecule has 0 aliphatic carbocycles. The average Bonchev–Trinajstić information content (AvgIpc) is 2.20. The molecular weight excluding hydrogens is 196 g/mol. The van der Waals surface area contributed by atoms with Crippen molar-refractivity contribution in [3.8, 4) is 0 Å². The molecule has 0 aliphatic rings. The Labute approximate surface area is 75.6 Å². The largest absolute Gasteiger partial charge is 0.307 e. The molecule has 0 saturated carbocycles. The second-order valence-corrected chi connectivity index (χ2v) is 0. The average molecular weight is 206 g/mol. The van der Waals surface area contributed by atoms with E-state index in [4.69, 9.17) is 24.0 Å². The second kappa shape index (κ2) is 430. The summed E-state index contributed by atoms with van der Waals surface area (Å²) in [6.45, 7) is 10.0. The van der Waals surface area contributed by atoms with Crippen LogP contribution in [-0.2, 0) is 41.0 Å². The quantitative estimate of drug-likeness (QED) is 0.478. The van der Waals surface area contributed by atoms with Crippen LogP contribution in [0.5, 0.6) is 0 Å². The third-order valence-electron chi connectivity index (χ3n) is 0. The first-order valence-corrected chi connectivity index (χ1v) is 1.44. The van der Waals surface area contributed by atoms with Gasteiger partial charge in [-0.25, -0.2) is 0 Å². The molecule has 0 aromatic rings. The van der Waals surface area contributed by atoms with Crippen LogP contribution in [0.15, 0.2) is 0 Å². The molecule has 11 heavy (non-hydrogen) atoms. The fourth-order valence-corrected chi connectivity index (χ4v) is 0. The van der Waals surface area contributed by atoms with Crippen LogP contribution in [-0.4, -0.2) is 33.9 Å². The van der Waals surface area contributed by atoms with Gasteiger partial charge in [-0.1, -0.05) is 0 Å². The Morgan fingerprint density at radius 1 is 0.364 bits per heavy atom. The van der Waals surface area contributed by atoms with Crippen LogP contribution in [0.3, 0.4) is 0 Å². The molecule has 68 valence electrons. The van der Waals surface area contributed by atoms with E-state index in [0.717, 1.165) is 0 Å². The molecule has 0 saturated heterocycles. The summed E-state index contributed by atoms with van der Waals surface area (Å²) < 4.78 is 0. The van der Waals surface area contributed by atoms with Crippen LogP contribution in [0.25, 0.3) is 0 Å². The molecule has 0 heterocycles. The van der Waals surface area contributed by atoms with Crippen LogP contribution in [0.1, 0.15) is 0 Å². The van der Waals surface area contributed by atoms with E-state index >= 15 is 0 Å². The minimum absolute atomic E-state index is 0. The zero-order chi connectivity index (χ0) is 10.0. The number of hydrogen-bond donors (Lipinski definition) is 0. The number of rotatable bonds is 0.